The number of Topliss-reactive ketones (excluding diaryl/α,β-unsaturated/α-hetero) is 1. The number of hydrogen-bond acceptors (Lipinski definition) is 3. The Balaban J connectivity index is 1.73. The molecule has 1 aromatic carbocycles. The zero-order valence-corrected chi connectivity index (χ0v) is 13.9. The summed E-state index contributed by atoms with van der Waals surface area (Å²) in [6.45, 7) is 5.68. The van der Waals surface area contributed by atoms with Crippen molar-refractivity contribution in [2.75, 3.05) is 0 Å². The van der Waals surface area contributed by atoms with Crippen molar-refractivity contribution in [3.8, 4) is 0 Å². The summed E-state index contributed by atoms with van der Waals surface area (Å²) in [6, 6.07) is 8.56. The molecule has 0 saturated carbocycles. The number of benzene rings is 1. The predicted molar refractivity (Wildman–Crippen MR) is 85.6 cm³/mol. The topological polar surface area (TPSA) is 35.5 Å². The van der Waals surface area contributed by atoms with Crippen molar-refractivity contribution in [3.05, 3.63) is 35.4 Å². The van der Waals surface area contributed by atoms with Crippen LogP contribution in [0.2, 0.25) is 0 Å². The summed E-state index contributed by atoms with van der Waals surface area (Å²) in [5.41, 5.74) is 2.36. The van der Waals surface area contributed by atoms with Crippen molar-refractivity contribution < 1.29 is 14.3 Å². The molecule has 0 unspecified atom stereocenters. The molecule has 1 aliphatic heterocycles. The van der Waals surface area contributed by atoms with Gasteiger partial charge in [-0.25, -0.2) is 0 Å². The van der Waals surface area contributed by atoms with Crippen LogP contribution >= 0.6 is 0 Å². The average molecular weight is 302 g/mol. The van der Waals surface area contributed by atoms with E-state index in [0.29, 0.717) is 6.42 Å². The smallest absolute Gasteiger partial charge is 0.164 e. The van der Waals surface area contributed by atoms with Crippen molar-refractivity contribution in [2.24, 2.45) is 0 Å². The molecule has 1 aliphatic carbocycles. The summed E-state index contributed by atoms with van der Waals surface area (Å²) in [5, 5.41) is 0. The van der Waals surface area contributed by atoms with Gasteiger partial charge in [0.25, 0.3) is 0 Å². The summed E-state index contributed by atoms with van der Waals surface area (Å²) in [4.78, 5) is 11.0. The minimum Gasteiger partial charge on any atom is -0.344 e. The van der Waals surface area contributed by atoms with Gasteiger partial charge in [0.2, 0.25) is 0 Å². The standard InChI is InChI=1S/C19H26O3/c1-14(20)9-5-4-8-12-19-16-11-7-6-10-15(16)13-17(19)21-18(2,3)22-19/h6-7,10-11,17H,4-5,8-9,12-13H2,1-3H3/t17-,19+/m1/s1. The van der Waals surface area contributed by atoms with Gasteiger partial charge >= 0.3 is 0 Å². The molecule has 1 aromatic rings. The zero-order valence-electron chi connectivity index (χ0n) is 13.9. The van der Waals surface area contributed by atoms with Crippen LogP contribution in [-0.2, 0) is 26.3 Å². The van der Waals surface area contributed by atoms with Crippen molar-refractivity contribution >= 4 is 5.78 Å². The highest BCUT2D eigenvalue weighted by molar-refractivity contribution is 5.75. The van der Waals surface area contributed by atoms with E-state index in [1.54, 1.807) is 6.92 Å². The fourth-order valence-corrected chi connectivity index (χ4v) is 4.00. The number of hydrogen-bond donors (Lipinski definition) is 0. The first-order valence-corrected chi connectivity index (χ1v) is 8.39. The molecule has 120 valence electrons. The van der Waals surface area contributed by atoms with E-state index in [0.717, 1.165) is 32.1 Å². The Morgan fingerprint density at radius 3 is 2.77 bits per heavy atom. The molecule has 22 heavy (non-hydrogen) atoms. The molecule has 0 radical (unpaired) electrons. The lowest BCUT2D eigenvalue weighted by atomic mass is 9.88. The zero-order chi connectivity index (χ0) is 15.8. The molecule has 3 rings (SSSR count). The summed E-state index contributed by atoms with van der Waals surface area (Å²) < 4.78 is 12.6. The second kappa shape index (κ2) is 5.78. The Bertz CT molecular complexity index is 564. The van der Waals surface area contributed by atoms with Crippen LogP contribution in [0.1, 0.15) is 64.0 Å². The number of carbonyl (C=O) groups excluding carboxylic acids is 1. The lowest BCUT2D eigenvalue weighted by Gasteiger charge is -2.30. The van der Waals surface area contributed by atoms with Crippen LogP contribution in [0.25, 0.3) is 0 Å². The first-order valence-electron chi connectivity index (χ1n) is 8.39. The van der Waals surface area contributed by atoms with Crippen LogP contribution < -0.4 is 0 Å². The van der Waals surface area contributed by atoms with Gasteiger partial charge in [0.15, 0.2) is 5.79 Å². The largest absolute Gasteiger partial charge is 0.344 e. The van der Waals surface area contributed by atoms with Gasteiger partial charge in [0, 0.05) is 12.8 Å². The van der Waals surface area contributed by atoms with Crippen molar-refractivity contribution in [3.63, 3.8) is 0 Å². The summed E-state index contributed by atoms with van der Waals surface area (Å²) in [6.07, 6.45) is 5.83. The number of unbranched alkanes of at least 4 members (excludes halogenated alkanes) is 2. The number of carbonyl (C=O) groups is 1. The van der Waals surface area contributed by atoms with Crippen molar-refractivity contribution in [1.82, 2.24) is 0 Å². The fraction of sp³-hybridized carbons (Fsp3) is 0.632. The molecule has 0 bridgehead atoms. The quantitative estimate of drug-likeness (QED) is 0.741. The highest BCUT2D eigenvalue weighted by atomic mass is 16.8. The fourth-order valence-electron chi connectivity index (χ4n) is 4.00. The maximum Gasteiger partial charge on any atom is 0.164 e. The molecule has 3 heteroatoms. The molecular weight excluding hydrogens is 276 g/mol. The Labute approximate surface area is 133 Å². The molecule has 2 aliphatic rings. The molecule has 0 spiro atoms. The van der Waals surface area contributed by atoms with E-state index in [-0.39, 0.29) is 17.5 Å². The van der Waals surface area contributed by atoms with E-state index in [1.807, 2.05) is 13.8 Å². The van der Waals surface area contributed by atoms with Crippen LogP contribution in [0, 0.1) is 0 Å². The predicted octanol–water partition coefficient (Wildman–Crippen LogP) is 4.13. The lowest BCUT2D eigenvalue weighted by Crippen LogP contribution is -2.34. The van der Waals surface area contributed by atoms with Gasteiger partial charge in [-0.3, -0.25) is 0 Å². The van der Waals surface area contributed by atoms with Gasteiger partial charge in [0.05, 0.1) is 6.10 Å². The van der Waals surface area contributed by atoms with Crippen LogP contribution in [0.5, 0.6) is 0 Å². The third kappa shape index (κ3) is 2.84. The molecule has 1 saturated heterocycles. The lowest BCUT2D eigenvalue weighted by molar-refractivity contribution is -0.168. The Morgan fingerprint density at radius 1 is 1.23 bits per heavy atom. The molecule has 0 aromatic heterocycles. The van der Waals surface area contributed by atoms with Crippen LogP contribution in [0.4, 0.5) is 0 Å². The molecule has 0 N–H and O–H groups in total. The summed E-state index contributed by atoms with van der Waals surface area (Å²) >= 11 is 0. The average Bonchev–Trinajstić information content (AvgIpc) is 2.85. The second-order valence-electron chi connectivity index (χ2n) is 7.12. The van der Waals surface area contributed by atoms with Gasteiger partial charge in [-0.15, -0.1) is 0 Å². The summed E-state index contributed by atoms with van der Waals surface area (Å²) in [7, 11) is 0. The molecule has 2 atom stereocenters. The third-order valence-electron chi connectivity index (χ3n) is 4.83. The number of ether oxygens (including phenoxy) is 2. The Hall–Kier alpha value is -1.19. The minimum atomic E-state index is -0.516. The monoisotopic (exact) mass is 302 g/mol. The SMILES string of the molecule is CC(=O)CCCCC[C@@]12OC(C)(C)O[C@@H]1Cc1ccccc12. The first-order chi connectivity index (χ1) is 10.4. The molecule has 3 nitrogen and oxygen atoms in total. The van der Waals surface area contributed by atoms with E-state index in [4.69, 9.17) is 9.47 Å². The van der Waals surface area contributed by atoms with Crippen molar-refractivity contribution in [2.45, 2.75) is 76.8 Å². The molecule has 0 amide bonds. The molecule has 1 fully saturated rings. The number of fused-ring (bicyclic) bond motifs is 3. The first kappa shape index (κ1) is 15.7. The highest BCUT2D eigenvalue weighted by Crippen LogP contribution is 2.53. The van der Waals surface area contributed by atoms with E-state index >= 15 is 0 Å². The third-order valence-corrected chi connectivity index (χ3v) is 4.83. The Kier molecular flexibility index (Phi) is 4.13. The van der Waals surface area contributed by atoms with E-state index < -0.39 is 5.79 Å². The van der Waals surface area contributed by atoms with Gasteiger partial charge in [-0.1, -0.05) is 37.1 Å². The highest BCUT2D eigenvalue weighted by Gasteiger charge is 2.57. The van der Waals surface area contributed by atoms with E-state index in [9.17, 15) is 4.79 Å². The maximum absolute atomic E-state index is 11.0. The van der Waals surface area contributed by atoms with E-state index in [2.05, 4.69) is 24.3 Å². The molecular formula is C19H26O3. The second-order valence-corrected chi connectivity index (χ2v) is 7.12. The van der Waals surface area contributed by atoms with Crippen LogP contribution in [0.3, 0.4) is 0 Å². The van der Waals surface area contributed by atoms with E-state index in [1.165, 1.54) is 11.1 Å². The van der Waals surface area contributed by atoms with Gasteiger partial charge in [-0.2, -0.15) is 0 Å². The Morgan fingerprint density at radius 2 is 2.00 bits per heavy atom. The maximum atomic E-state index is 11.0. The normalized spacial score (nSPS) is 28.4. The van der Waals surface area contributed by atoms with Gasteiger partial charge < -0.3 is 14.3 Å². The summed E-state index contributed by atoms with van der Waals surface area (Å²) in [5.74, 6) is -0.235. The molecule has 1 heterocycles. The van der Waals surface area contributed by atoms with Crippen molar-refractivity contribution in [1.29, 1.82) is 0 Å². The number of rotatable bonds is 6. The van der Waals surface area contributed by atoms with Gasteiger partial charge in [-0.05, 0) is 44.7 Å². The minimum absolute atomic E-state index is 0.118. The van der Waals surface area contributed by atoms with Crippen LogP contribution in [-0.4, -0.2) is 17.7 Å². The van der Waals surface area contributed by atoms with Crippen LogP contribution in [0.15, 0.2) is 24.3 Å². The van der Waals surface area contributed by atoms with Gasteiger partial charge in [0.1, 0.15) is 11.4 Å². The number of ketones is 1.